The van der Waals surface area contributed by atoms with Crippen molar-refractivity contribution in [3.05, 3.63) is 53.2 Å². The number of Topliss-reactive ketones (excluding diaryl/α,β-unsaturated/α-hetero) is 1. The van der Waals surface area contributed by atoms with Gasteiger partial charge in [-0.05, 0) is 43.0 Å². The van der Waals surface area contributed by atoms with Crippen LogP contribution in [0, 0.1) is 6.92 Å². The number of carbonyl (C=O) groups excluding carboxylic acids is 1. The molecule has 1 fully saturated rings. The van der Waals surface area contributed by atoms with Crippen LogP contribution in [0.15, 0.2) is 36.5 Å². The lowest BCUT2D eigenvalue weighted by molar-refractivity contribution is -0.0200. The fourth-order valence-electron chi connectivity index (χ4n) is 2.98. The van der Waals surface area contributed by atoms with E-state index in [2.05, 4.69) is 4.98 Å². The van der Waals surface area contributed by atoms with E-state index in [0.29, 0.717) is 29.7 Å². The van der Waals surface area contributed by atoms with Crippen molar-refractivity contribution >= 4 is 5.78 Å². The van der Waals surface area contributed by atoms with E-state index >= 15 is 0 Å². The van der Waals surface area contributed by atoms with Gasteiger partial charge in [0.15, 0.2) is 5.78 Å². The first-order valence-corrected chi connectivity index (χ1v) is 8.04. The van der Waals surface area contributed by atoms with E-state index < -0.39 is 23.7 Å². The minimum absolute atomic E-state index is 0.285. The summed E-state index contributed by atoms with van der Waals surface area (Å²) in [6.07, 6.45) is 2.30. The first-order chi connectivity index (χ1) is 11.8. The van der Waals surface area contributed by atoms with Crippen molar-refractivity contribution in [3.8, 4) is 11.6 Å². The van der Waals surface area contributed by atoms with E-state index in [1.807, 2.05) is 0 Å². The van der Waals surface area contributed by atoms with Crippen LogP contribution in [0.3, 0.4) is 0 Å². The number of aliphatic hydroxyl groups excluding tert-OH is 1. The molecule has 0 unspecified atom stereocenters. The number of halogens is 2. The second kappa shape index (κ2) is 6.19. The number of aliphatic hydroxyl groups is 1. The summed E-state index contributed by atoms with van der Waals surface area (Å²) < 4.78 is 33.4. The second-order valence-corrected chi connectivity index (χ2v) is 6.52. The molecular weight excluding hydrogens is 328 g/mol. The number of benzene rings is 1. The van der Waals surface area contributed by atoms with Gasteiger partial charge in [-0.1, -0.05) is 12.1 Å². The number of aryl methyl sites for hydroxylation is 1. The van der Waals surface area contributed by atoms with Crippen LogP contribution in [0.25, 0.3) is 0 Å². The zero-order valence-corrected chi connectivity index (χ0v) is 14.1. The fourth-order valence-corrected chi connectivity index (χ4v) is 2.98. The van der Waals surface area contributed by atoms with Crippen LogP contribution >= 0.6 is 0 Å². The second-order valence-electron chi connectivity index (χ2n) is 6.52. The van der Waals surface area contributed by atoms with Gasteiger partial charge in [-0.3, -0.25) is 4.79 Å². The van der Waals surface area contributed by atoms with E-state index in [1.54, 1.807) is 25.1 Å². The standard InChI is InChI=1S/C19H19F2NO3/c1-12-9-14(19(7-8-19)18(2,20)21)4-5-16(12)25-17-6-3-13(10-22-17)15(24)11-23/h3-6,9-10,23H,7-8,11H2,1-2H3. The number of aromatic nitrogens is 1. The Morgan fingerprint density at radius 1 is 1.32 bits per heavy atom. The van der Waals surface area contributed by atoms with Crippen molar-refractivity contribution in [2.45, 2.75) is 38.0 Å². The number of ketones is 1. The summed E-state index contributed by atoms with van der Waals surface area (Å²) >= 11 is 0. The largest absolute Gasteiger partial charge is 0.439 e. The predicted octanol–water partition coefficient (Wildman–Crippen LogP) is 4.04. The monoisotopic (exact) mass is 347 g/mol. The van der Waals surface area contributed by atoms with Crippen molar-refractivity contribution in [1.29, 1.82) is 0 Å². The first-order valence-electron chi connectivity index (χ1n) is 8.04. The van der Waals surface area contributed by atoms with Crippen molar-refractivity contribution in [2.75, 3.05) is 6.61 Å². The van der Waals surface area contributed by atoms with E-state index in [4.69, 9.17) is 9.84 Å². The number of carbonyl (C=O) groups is 1. The van der Waals surface area contributed by atoms with Gasteiger partial charge in [-0.25, -0.2) is 13.8 Å². The molecule has 3 rings (SSSR count). The summed E-state index contributed by atoms with van der Waals surface area (Å²) in [5.41, 5.74) is 0.607. The van der Waals surface area contributed by atoms with Crippen LogP contribution in [0.1, 0.15) is 41.3 Å². The molecule has 1 saturated carbocycles. The lowest BCUT2D eigenvalue weighted by atomic mass is 9.89. The number of hydrogen-bond donors (Lipinski definition) is 1. The van der Waals surface area contributed by atoms with Crippen LogP contribution in [0.5, 0.6) is 11.6 Å². The summed E-state index contributed by atoms with van der Waals surface area (Å²) in [6, 6.07) is 8.13. The highest BCUT2D eigenvalue weighted by molar-refractivity contribution is 5.96. The lowest BCUT2D eigenvalue weighted by Crippen LogP contribution is -2.30. The molecule has 0 radical (unpaired) electrons. The average molecular weight is 347 g/mol. The Labute approximate surface area is 144 Å². The molecule has 0 spiro atoms. The molecule has 4 nitrogen and oxygen atoms in total. The minimum atomic E-state index is -2.75. The van der Waals surface area contributed by atoms with E-state index in [1.165, 1.54) is 18.3 Å². The lowest BCUT2D eigenvalue weighted by Gasteiger charge is -2.24. The molecule has 25 heavy (non-hydrogen) atoms. The van der Waals surface area contributed by atoms with E-state index in [0.717, 1.165) is 12.5 Å². The quantitative estimate of drug-likeness (QED) is 0.801. The zero-order chi connectivity index (χ0) is 18.2. The third-order valence-corrected chi connectivity index (χ3v) is 4.73. The molecule has 1 aromatic heterocycles. The van der Waals surface area contributed by atoms with Crippen molar-refractivity contribution in [1.82, 2.24) is 4.98 Å². The Bertz CT molecular complexity index is 793. The number of ether oxygens (including phenoxy) is 1. The van der Waals surface area contributed by atoms with Crippen LogP contribution in [0.4, 0.5) is 8.78 Å². The van der Waals surface area contributed by atoms with Gasteiger partial charge in [0.05, 0.1) is 5.41 Å². The number of hydrogen-bond acceptors (Lipinski definition) is 4. The molecule has 0 amide bonds. The molecule has 0 aliphatic heterocycles. The Balaban J connectivity index is 1.79. The Kier molecular flexibility index (Phi) is 4.33. The van der Waals surface area contributed by atoms with Crippen molar-refractivity contribution < 1.29 is 23.4 Å². The molecule has 0 atom stereocenters. The SMILES string of the molecule is Cc1cc(C2(C(C)(F)F)CC2)ccc1Oc1ccc(C(=O)CO)cn1. The first kappa shape index (κ1) is 17.5. The summed E-state index contributed by atoms with van der Waals surface area (Å²) in [5.74, 6) is -2.37. The molecule has 1 N–H and O–H groups in total. The Morgan fingerprint density at radius 3 is 2.52 bits per heavy atom. The fraction of sp³-hybridized carbons (Fsp3) is 0.368. The maximum atomic E-state index is 13.9. The van der Waals surface area contributed by atoms with Crippen LogP contribution < -0.4 is 4.74 Å². The van der Waals surface area contributed by atoms with Gasteiger partial charge in [0.1, 0.15) is 12.4 Å². The Hall–Kier alpha value is -2.34. The van der Waals surface area contributed by atoms with Gasteiger partial charge >= 0.3 is 0 Å². The van der Waals surface area contributed by atoms with Gasteiger partial charge in [0.2, 0.25) is 5.88 Å². The topological polar surface area (TPSA) is 59.4 Å². The number of rotatable bonds is 6. The minimum Gasteiger partial charge on any atom is -0.439 e. The van der Waals surface area contributed by atoms with Gasteiger partial charge in [-0.2, -0.15) is 0 Å². The highest BCUT2D eigenvalue weighted by Gasteiger charge is 2.60. The summed E-state index contributed by atoms with van der Waals surface area (Å²) in [5, 5.41) is 8.82. The van der Waals surface area contributed by atoms with Crippen LogP contribution in [-0.4, -0.2) is 28.4 Å². The van der Waals surface area contributed by atoms with Gasteiger partial charge in [0.25, 0.3) is 5.92 Å². The molecule has 2 aromatic rings. The van der Waals surface area contributed by atoms with Gasteiger partial charge < -0.3 is 9.84 Å². The molecular formula is C19H19F2NO3. The van der Waals surface area contributed by atoms with Gasteiger partial charge in [0, 0.05) is 24.8 Å². The maximum Gasteiger partial charge on any atom is 0.254 e. The number of pyridine rings is 1. The van der Waals surface area contributed by atoms with E-state index in [-0.39, 0.29) is 5.88 Å². The highest BCUT2D eigenvalue weighted by atomic mass is 19.3. The third-order valence-electron chi connectivity index (χ3n) is 4.73. The van der Waals surface area contributed by atoms with Crippen molar-refractivity contribution in [3.63, 3.8) is 0 Å². The van der Waals surface area contributed by atoms with Crippen LogP contribution in [0.2, 0.25) is 0 Å². The molecule has 1 heterocycles. The highest BCUT2D eigenvalue weighted by Crippen LogP contribution is 2.58. The molecule has 1 aliphatic rings. The molecule has 6 heteroatoms. The van der Waals surface area contributed by atoms with E-state index in [9.17, 15) is 13.6 Å². The number of nitrogens with zero attached hydrogens (tertiary/aromatic N) is 1. The third kappa shape index (κ3) is 3.26. The average Bonchev–Trinajstić information content (AvgIpc) is 3.38. The number of alkyl halides is 2. The van der Waals surface area contributed by atoms with Crippen LogP contribution in [-0.2, 0) is 5.41 Å². The summed E-state index contributed by atoms with van der Waals surface area (Å²) in [7, 11) is 0. The predicted molar refractivity (Wildman–Crippen MR) is 88.4 cm³/mol. The smallest absolute Gasteiger partial charge is 0.254 e. The van der Waals surface area contributed by atoms with Gasteiger partial charge in [-0.15, -0.1) is 0 Å². The Morgan fingerprint density at radius 2 is 2.04 bits per heavy atom. The maximum absolute atomic E-state index is 13.9. The molecule has 132 valence electrons. The molecule has 1 aliphatic carbocycles. The van der Waals surface area contributed by atoms with Crippen molar-refractivity contribution in [2.24, 2.45) is 0 Å². The normalized spacial score (nSPS) is 15.7. The summed E-state index contributed by atoms with van der Waals surface area (Å²) in [4.78, 5) is 15.4. The molecule has 1 aromatic carbocycles. The molecule has 0 bridgehead atoms. The summed E-state index contributed by atoms with van der Waals surface area (Å²) in [6.45, 7) is 2.19. The molecule has 0 saturated heterocycles. The zero-order valence-electron chi connectivity index (χ0n) is 14.1.